The molecule has 4 nitrogen and oxygen atoms in total. The summed E-state index contributed by atoms with van der Waals surface area (Å²) in [7, 11) is -2.87. The minimum absolute atomic E-state index is 0.0671. The fourth-order valence-corrected chi connectivity index (χ4v) is 4.27. The van der Waals surface area contributed by atoms with Crippen molar-refractivity contribution in [3.63, 3.8) is 0 Å². The van der Waals surface area contributed by atoms with Crippen LogP contribution >= 0.6 is 0 Å². The van der Waals surface area contributed by atoms with Gasteiger partial charge in [0.2, 0.25) is 0 Å². The van der Waals surface area contributed by atoms with Gasteiger partial charge in [0, 0.05) is 18.1 Å². The smallest absolute Gasteiger partial charge is 0.153 e. The third kappa shape index (κ3) is 1.94. The first-order valence-electron chi connectivity index (χ1n) is 5.25. The summed E-state index contributed by atoms with van der Waals surface area (Å²) in [5.74, 6) is 0.430. The van der Waals surface area contributed by atoms with Crippen LogP contribution < -0.4 is 5.73 Å². The molecule has 1 saturated carbocycles. The van der Waals surface area contributed by atoms with Gasteiger partial charge in [-0.05, 0) is 19.4 Å². The minimum atomic E-state index is -2.87. The van der Waals surface area contributed by atoms with Gasteiger partial charge in [-0.2, -0.15) is 0 Å². The first-order valence-corrected chi connectivity index (χ1v) is 7.07. The highest BCUT2D eigenvalue weighted by atomic mass is 32.2. The molecule has 0 aromatic heterocycles. The lowest BCUT2D eigenvalue weighted by molar-refractivity contribution is 0.198. The summed E-state index contributed by atoms with van der Waals surface area (Å²) in [5.41, 5.74) is 5.88. The second-order valence-electron chi connectivity index (χ2n) is 4.37. The normalized spacial score (nSPS) is 36.5. The Labute approximate surface area is 85.4 Å². The summed E-state index contributed by atoms with van der Waals surface area (Å²) in [6.07, 6.45) is 2.41. The van der Waals surface area contributed by atoms with E-state index >= 15 is 0 Å². The molecule has 2 rings (SSSR count). The Bertz CT molecular complexity index is 311. The predicted octanol–water partition coefficient (Wildman–Crippen LogP) is -0.405. The zero-order valence-corrected chi connectivity index (χ0v) is 9.33. The number of sulfone groups is 1. The number of likely N-dealkylation sites (N-methyl/N-ethyl adjacent to an activating group) is 1. The second-order valence-corrected chi connectivity index (χ2v) is 6.52. The molecule has 2 aliphatic rings. The van der Waals surface area contributed by atoms with E-state index in [1.165, 1.54) is 12.8 Å². The van der Waals surface area contributed by atoms with Crippen LogP contribution in [0.15, 0.2) is 0 Å². The van der Waals surface area contributed by atoms with Crippen molar-refractivity contribution in [2.75, 3.05) is 18.1 Å². The standard InChI is InChI=1S/C9H18N2O2S/c1-2-11(7-3-4-7)9-6-14(12,13)5-8(9)10/h7-9H,2-6,10H2,1H3. The Morgan fingerprint density at radius 3 is 2.36 bits per heavy atom. The van der Waals surface area contributed by atoms with Crippen LogP contribution in [0.5, 0.6) is 0 Å². The third-order valence-electron chi connectivity index (χ3n) is 3.17. The maximum atomic E-state index is 11.4. The van der Waals surface area contributed by atoms with Crippen LogP contribution in [0, 0.1) is 0 Å². The van der Waals surface area contributed by atoms with E-state index in [1.807, 2.05) is 0 Å². The topological polar surface area (TPSA) is 63.4 Å². The molecule has 0 spiro atoms. The van der Waals surface area contributed by atoms with Crippen LogP contribution in [-0.4, -0.2) is 49.5 Å². The van der Waals surface area contributed by atoms with Crippen LogP contribution in [0.4, 0.5) is 0 Å². The zero-order chi connectivity index (χ0) is 10.3. The lowest BCUT2D eigenvalue weighted by Gasteiger charge is -2.29. The summed E-state index contributed by atoms with van der Waals surface area (Å²) in [6, 6.07) is 0.488. The number of nitrogens with two attached hydrogens (primary N) is 1. The van der Waals surface area contributed by atoms with Crippen molar-refractivity contribution >= 4 is 9.84 Å². The molecule has 2 atom stereocenters. The summed E-state index contributed by atoms with van der Waals surface area (Å²) >= 11 is 0. The van der Waals surface area contributed by atoms with Crippen molar-refractivity contribution in [1.29, 1.82) is 0 Å². The van der Waals surface area contributed by atoms with Crippen molar-refractivity contribution in [3.8, 4) is 0 Å². The van der Waals surface area contributed by atoms with E-state index in [4.69, 9.17) is 5.73 Å². The van der Waals surface area contributed by atoms with Crippen LogP contribution in [0.2, 0.25) is 0 Å². The Kier molecular flexibility index (Phi) is 2.57. The molecule has 2 fully saturated rings. The third-order valence-corrected chi connectivity index (χ3v) is 4.91. The first-order chi connectivity index (χ1) is 6.53. The van der Waals surface area contributed by atoms with E-state index in [-0.39, 0.29) is 23.6 Å². The van der Waals surface area contributed by atoms with E-state index in [0.717, 1.165) is 6.54 Å². The summed E-state index contributed by atoms with van der Waals surface area (Å²) in [5, 5.41) is 0. The van der Waals surface area contributed by atoms with Gasteiger partial charge in [-0.3, -0.25) is 4.90 Å². The number of nitrogens with zero attached hydrogens (tertiary/aromatic N) is 1. The van der Waals surface area contributed by atoms with Crippen LogP contribution in [-0.2, 0) is 9.84 Å². The Morgan fingerprint density at radius 1 is 1.36 bits per heavy atom. The largest absolute Gasteiger partial charge is 0.325 e. The summed E-state index contributed by atoms with van der Waals surface area (Å²) in [4.78, 5) is 2.27. The van der Waals surface area contributed by atoms with Crippen molar-refractivity contribution in [3.05, 3.63) is 0 Å². The van der Waals surface area contributed by atoms with Crippen molar-refractivity contribution < 1.29 is 8.42 Å². The van der Waals surface area contributed by atoms with Gasteiger partial charge < -0.3 is 5.73 Å². The fourth-order valence-electron chi connectivity index (χ4n) is 2.37. The molecular formula is C9H18N2O2S. The highest BCUT2D eigenvalue weighted by Crippen LogP contribution is 2.31. The van der Waals surface area contributed by atoms with Crippen molar-refractivity contribution in [1.82, 2.24) is 4.90 Å². The molecular weight excluding hydrogens is 200 g/mol. The van der Waals surface area contributed by atoms with E-state index < -0.39 is 9.84 Å². The molecule has 2 unspecified atom stereocenters. The van der Waals surface area contributed by atoms with E-state index in [0.29, 0.717) is 6.04 Å². The van der Waals surface area contributed by atoms with E-state index in [9.17, 15) is 8.42 Å². The quantitative estimate of drug-likeness (QED) is 0.700. The fraction of sp³-hybridized carbons (Fsp3) is 1.00. The average molecular weight is 218 g/mol. The molecule has 82 valence electrons. The number of hydrogen-bond donors (Lipinski definition) is 1. The van der Waals surface area contributed by atoms with E-state index in [2.05, 4.69) is 11.8 Å². The lowest BCUT2D eigenvalue weighted by atomic mass is 10.1. The molecule has 0 amide bonds. The molecule has 0 aromatic carbocycles. The molecule has 1 aliphatic heterocycles. The van der Waals surface area contributed by atoms with Crippen LogP contribution in [0.25, 0.3) is 0 Å². The predicted molar refractivity (Wildman–Crippen MR) is 55.8 cm³/mol. The van der Waals surface area contributed by atoms with Gasteiger partial charge in [-0.1, -0.05) is 6.92 Å². The lowest BCUT2D eigenvalue weighted by Crippen LogP contribution is -2.48. The number of rotatable bonds is 3. The monoisotopic (exact) mass is 218 g/mol. The van der Waals surface area contributed by atoms with E-state index in [1.54, 1.807) is 0 Å². The van der Waals surface area contributed by atoms with Gasteiger partial charge in [0.1, 0.15) is 0 Å². The van der Waals surface area contributed by atoms with Crippen molar-refractivity contribution in [2.24, 2.45) is 5.73 Å². The summed E-state index contributed by atoms with van der Waals surface area (Å²) < 4.78 is 22.8. The minimum Gasteiger partial charge on any atom is -0.325 e. The number of hydrogen-bond acceptors (Lipinski definition) is 4. The molecule has 0 aromatic rings. The molecule has 2 N–H and O–H groups in total. The zero-order valence-electron chi connectivity index (χ0n) is 8.52. The molecule has 0 radical (unpaired) electrons. The Hall–Kier alpha value is -0.130. The molecule has 5 heteroatoms. The second kappa shape index (κ2) is 3.47. The van der Waals surface area contributed by atoms with Gasteiger partial charge in [0.15, 0.2) is 9.84 Å². The van der Waals surface area contributed by atoms with Gasteiger partial charge in [-0.15, -0.1) is 0 Å². The van der Waals surface area contributed by atoms with Gasteiger partial charge >= 0.3 is 0 Å². The highest BCUT2D eigenvalue weighted by Gasteiger charge is 2.43. The van der Waals surface area contributed by atoms with Crippen molar-refractivity contribution in [2.45, 2.75) is 37.9 Å². The van der Waals surface area contributed by atoms with Gasteiger partial charge in [-0.25, -0.2) is 8.42 Å². The van der Waals surface area contributed by atoms with Crippen LogP contribution in [0.3, 0.4) is 0 Å². The van der Waals surface area contributed by atoms with Gasteiger partial charge in [0.25, 0.3) is 0 Å². The Balaban J connectivity index is 2.09. The average Bonchev–Trinajstić information content (AvgIpc) is 2.82. The SMILES string of the molecule is CCN(C1CC1)C1CS(=O)(=O)CC1N. The molecule has 1 saturated heterocycles. The van der Waals surface area contributed by atoms with Crippen LogP contribution in [0.1, 0.15) is 19.8 Å². The highest BCUT2D eigenvalue weighted by molar-refractivity contribution is 7.91. The molecule has 1 aliphatic carbocycles. The molecule has 14 heavy (non-hydrogen) atoms. The molecule has 0 bridgehead atoms. The first kappa shape index (κ1) is 10.4. The maximum absolute atomic E-state index is 11.4. The molecule has 1 heterocycles. The summed E-state index contributed by atoms with van der Waals surface area (Å²) in [6.45, 7) is 2.99. The van der Waals surface area contributed by atoms with Gasteiger partial charge in [0.05, 0.1) is 11.5 Å². The Morgan fingerprint density at radius 2 is 2.00 bits per heavy atom. The maximum Gasteiger partial charge on any atom is 0.153 e.